The van der Waals surface area contributed by atoms with Crippen molar-refractivity contribution in [3.63, 3.8) is 0 Å². The quantitative estimate of drug-likeness (QED) is 0.226. The zero-order valence-electron chi connectivity index (χ0n) is 15.7. The van der Waals surface area contributed by atoms with Crippen molar-refractivity contribution in [1.29, 1.82) is 0 Å². The second-order valence-corrected chi connectivity index (χ2v) is 7.32. The van der Waals surface area contributed by atoms with Crippen LogP contribution in [-0.2, 0) is 11.2 Å². The average Bonchev–Trinajstić information content (AvgIpc) is 3.19. The van der Waals surface area contributed by atoms with Crippen molar-refractivity contribution < 1.29 is 13.9 Å². The average molecular weight is 571 g/mol. The second-order valence-electron chi connectivity index (χ2n) is 5.51. The summed E-state index contributed by atoms with van der Waals surface area (Å²) in [6.07, 6.45) is 0.740. The molecule has 0 fully saturated rings. The highest BCUT2D eigenvalue weighted by Gasteiger charge is 2.20. The van der Waals surface area contributed by atoms with Crippen molar-refractivity contribution in [3.8, 4) is 0 Å². The molecule has 2 heterocycles. The number of esters is 1. The molecular weight excluding hydrogens is 547 g/mol. The molecule has 10 heteroatoms. The first-order valence-corrected chi connectivity index (χ1v) is 9.91. The topological polar surface area (TPSA) is 88.8 Å². The molecule has 2 N–H and O–H groups in total. The van der Waals surface area contributed by atoms with E-state index in [1.807, 2.05) is 26.0 Å². The van der Waals surface area contributed by atoms with Crippen LogP contribution in [-0.4, -0.2) is 37.1 Å². The number of guanidine groups is 1. The standard InChI is InChI=1S/C17H23BrN4O3S.HI/c1-5-24-16(23)14-10(2)21-15(26-14)11(3)22-17(19-4)20-9-8-12-6-7-13(18)25-12;/h6-7,11H,5,8-9H2,1-4H3,(H2,19,20,22);1H. The third-order valence-electron chi connectivity index (χ3n) is 3.51. The molecule has 27 heavy (non-hydrogen) atoms. The lowest BCUT2D eigenvalue weighted by molar-refractivity contribution is 0.0531. The first-order valence-electron chi connectivity index (χ1n) is 8.30. The maximum absolute atomic E-state index is 11.9. The molecular formula is C17H24BrIN4O3S. The Bertz CT molecular complexity index is 778. The Morgan fingerprint density at radius 3 is 2.81 bits per heavy atom. The molecule has 0 aromatic carbocycles. The van der Waals surface area contributed by atoms with Gasteiger partial charge in [0, 0.05) is 20.0 Å². The molecule has 0 amide bonds. The number of carbonyl (C=O) groups excluding carboxylic acids is 1. The monoisotopic (exact) mass is 570 g/mol. The number of rotatable bonds is 7. The normalized spacial score (nSPS) is 12.3. The first-order chi connectivity index (χ1) is 12.4. The maximum atomic E-state index is 11.9. The van der Waals surface area contributed by atoms with E-state index in [0.717, 1.165) is 21.9 Å². The van der Waals surface area contributed by atoms with E-state index in [-0.39, 0.29) is 36.0 Å². The Hall–Kier alpha value is -1.14. The fourth-order valence-corrected chi connectivity index (χ4v) is 3.54. The molecule has 0 spiro atoms. The highest BCUT2D eigenvalue weighted by molar-refractivity contribution is 14.0. The predicted octanol–water partition coefficient (Wildman–Crippen LogP) is 4.07. The third-order valence-corrected chi connectivity index (χ3v) is 5.26. The summed E-state index contributed by atoms with van der Waals surface area (Å²) in [5.41, 5.74) is 0.684. The van der Waals surface area contributed by atoms with Gasteiger partial charge in [0.05, 0.1) is 18.3 Å². The van der Waals surface area contributed by atoms with Crippen molar-refractivity contribution in [2.45, 2.75) is 33.2 Å². The Balaban J connectivity index is 0.00000364. The molecule has 0 saturated carbocycles. The Kier molecular flexibility index (Phi) is 10.3. The van der Waals surface area contributed by atoms with Gasteiger partial charge in [-0.2, -0.15) is 0 Å². The lowest BCUT2D eigenvalue weighted by Crippen LogP contribution is -2.39. The van der Waals surface area contributed by atoms with Crippen LogP contribution in [0.3, 0.4) is 0 Å². The molecule has 7 nitrogen and oxygen atoms in total. The number of halogens is 2. The van der Waals surface area contributed by atoms with E-state index in [0.29, 0.717) is 29.7 Å². The largest absolute Gasteiger partial charge is 0.462 e. The van der Waals surface area contributed by atoms with Crippen LogP contribution in [0.5, 0.6) is 0 Å². The van der Waals surface area contributed by atoms with Crippen LogP contribution >= 0.6 is 51.2 Å². The van der Waals surface area contributed by atoms with Gasteiger partial charge < -0.3 is 19.8 Å². The molecule has 1 atom stereocenters. The van der Waals surface area contributed by atoms with Gasteiger partial charge in [-0.1, -0.05) is 0 Å². The predicted molar refractivity (Wildman–Crippen MR) is 121 cm³/mol. The number of ether oxygens (including phenoxy) is 1. The zero-order chi connectivity index (χ0) is 19.1. The van der Waals surface area contributed by atoms with Crippen molar-refractivity contribution in [1.82, 2.24) is 15.6 Å². The molecule has 0 aliphatic heterocycles. The first kappa shape index (κ1) is 23.9. The van der Waals surface area contributed by atoms with Crippen molar-refractivity contribution in [3.05, 3.63) is 38.1 Å². The molecule has 0 aliphatic rings. The number of carbonyl (C=O) groups is 1. The van der Waals surface area contributed by atoms with E-state index < -0.39 is 0 Å². The fraction of sp³-hybridized carbons (Fsp3) is 0.471. The second kappa shape index (κ2) is 11.6. The highest BCUT2D eigenvalue weighted by atomic mass is 127. The van der Waals surface area contributed by atoms with Gasteiger partial charge in [0.25, 0.3) is 0 Å². The van der Waals surface area contributed by atoms with Crippen LogP contribution in [0.25, 0.3) is 0 Å². The summed E-state index contributed by atoms with van der Waals surface area (Å²) < 4.78 is 11.3. The number of nitrogens with one attached hydrogen (secondary N) is 2. The summed E-state index contributed by atoms with van der Waals surface area (Å²) in [6, 6.07) is 3.71. The van der Waals surface area contributed by atoms with Gasteiger partial charge >= 0.3 is 5.97 Å². The molecule has 0 aliphatic carbocycles. The maximum Gasteiger partial charge on any atom is 0.350 e. The van der Waals surface area contributed by atoms with Gasteiger partial charge in [0.2, 0.25) is 0 Å². The minimum Gasteiger partial charge on any atom is -0.462 e. The number of furan rings is 1. The summed E-state index contributed by atoms with van der Waals surface area (Å²) in [5, 5.41) is 7.33. The molecule has 0 bridgehead atoms. The molecule has 150 valence electrons. The van der Waals surface area contributed by atoms with Crippen LogP contribution < -0.4 is 10.6 Å². The third kappa shape index (κ3) is 7.07. The van der Waals surface area contributed by atoms with E-state index in [1.54, 1.807) is 14.0 Å². The summed E-state index contributed by atoms with van der Waals surface area (Å²) in [5.74, 6) is 1.23. The minimum atomic E-state index is -0.326. The Morgan fingerprint density at radius 1 is 1.48 bits per heavy atom. The van der Waals surface area contributed by atoms with Crippen LogP contribution in [0, 0.1) is 6.92 Å². The van der Waals surface area contributed by atoms with Crippen LogP contribution in [0.15, 0.2) is 26.2 Å². The van der Waals surface area contributed by atoms with E-state index in [4.69, 9.17) is 9.15 Å². The number of hydrogen-bond acceptors (Lipinski definition) is 6. The van der Waals surface area contributed by atoms with Gasteiger partial charge in [-0.3, -0.25) is 4.99 Å². The van der Waals surface area contributed by atoms with Crippen molar-refractivity contribution in [2.75, 3.05) is 20.2 Å². The van der Waals surface area contributed by atoms with E-state index in [1.165, 1.54) is 11.3 Å². The summed E-state index contributed by atoms with van der Waals surface area (Å²) in [6.45, 7) is 6.60. The number of hydrogen-bond donors (Lipinski definition) is 2. The smallest absolute Gasteiger partial charge is 0.350 e. The van der Waals surface area contributed by atoms with Crippen LogP contribution in [0.1, 0.15) is 46.0 Å². The van der Waals surface area contributed by atoms with Gasteiger partial charge in [-0.15, -0.1) is 35.3 Å². The van der Waals surface area contributed by atoms with E-state index in [2.05, 4.69) is 36.5 Å². The molecule has 0 saturated heterocycles. The zero-order valence-corrected chi connectivity index (χ0v) is 20.4. The fourth-order valence-electron chi connectivity index (χ4n) is 2.24. The Morgan fingerprint density at radius 2 is 2.22 bits per heavy atom. The minimum absolute atomic E-state index is 0. The Labute approximate surface area is 188 Å². The molecule has 0 radical (unpaired) electrons. The molecule has 2 aromatic rings. The number of aromatic nitrogens is 1. The van der Waals surface area contributed by atoms with Crippen molar-refractivity contribution >= 4 is 63.2 Å². The summed E-state index contributed by atoms with van der Waals surface area (Å²) >= 11 is 4.63. The lowest BCUT2D eigenvalue weighted by Gasteiger charge is -2.15. The summed E-state index contributed by atoms with van der Waals surface area (Å²) in [4.78, 5) is 21.2. The molecule has 1 unspecified atom stereocenters. The van der Waals surface area contributed by atoms with Gasteiger partial charge in [-0.25, -0.2) is 9.78 Å². The van der Waals surface area contributed by atoms with E-state index >= 15 is 0 Å². The number of nitrogens with zero attached hydrogens (tertiary/aromatic N) is 2. The molecule has 2 aromatic heterocycles. The van der Waals surface area contributed by atoms with Gasteiger partial charge in [-0.05, 0) is 48.8 Å². The lowest BCUT2D eigenvalue weighted by atomic mass is 10.3. The van der Waals surface area contributed by atoms with Crippen LogP contribution in [0.2, 0.25) is 0 Å². The van der Waals surface area contributed by atoms with E-state index in [9.17, 15) is 4.79 Å². The number of thiazole rings is 1. The van der Waals surface area contributed by atoms with Crippen LogP contribution in [0.4, 0.5) is 0 Å². The van der Waals surface area contributed by atoms with Crippen molar-refractivity contribution in [2.24, 2.45) is 4.99 Å². The summed E-state index contributed by atoms with van der Waals surface area (Å²) in [7, 11) is 1.71. The van der Waals surface area contributed by atoms with Gasteiger partial charge in [0.1, 0.15) is 15.6 Å². The highest BCUT2D eigenvalue weighted by Crippen LogP contribution is 2.24. The molecule has 2 rings (SSSR count). The van der Waals surface area contributed by atoms with Gasteiger partial charge in [0.15, 0.2) is 10.6 Å². The number of aryl methyl sites for hydroxylation is 1. The number of aliphatic imine (C=N–C) groups is 1. The SMILES string of the molecule is CCOC(=O)c1sc(C(C)NC(=NC)NCCc2ccc(Br)o2)nc1C.I.